The van der Waals surface area contributed by atoms with Gasteiger partial charge in [-0.3, -0.25) is 0 Å². The molecule has 4 heteroatoms. The molecule has 0 aliphatic carbocycles. The number of halogens is 1. The van der Waals surface area contributed by atoms with Gasteiger partial charge in [0.05, 0.1) is 0 Å². The molecule has 17 heavy (non-hydrogen) atoms. The van der Waals surface area contributed by atoms with Crippen LogP contribution in [0, 0.1) is 21.8 Å². The van der Waals surface area contributed by atoms with Gasteiger partial charge >= 0.3 is 0 Å². The highest BCUT2D eigenvalue weighted by atomic mass is 127. The van der Waals surface area contributed by atoms with E-state index in [2.05, 4.69) is 45.9 Å². The first-order valence-corrected chi connectivity index (χ1v) is 6.17. The van der Waals surface area contributed by atoms with E-state index >= 15 is 0 Å². The van der Waals surface area contributed by atoms with Crippen LogP contribution in [-0.4, -0.2) is 4.98 Å². The number of nitriles is 1. The minimum Gasteiger partial charge on any atom is -0.355 e. The smallest absolute Gasteiger partial charge is 0.142 e. The maximum Gasteiger partial charge on any atom is 0.142 e. The molecule has 0 radical (unpaired) electrons. The zero-order valence-corrected chi connectivity index (χ0v) is 11.4. The van der Waals surface area contributed by atoms with Crippen molar-refractivity contribution in [1.82, 2.24) is 4.98 Å². The normalized spacial score (nSPS) is 9.71. The summed E-state index contributed by atoms with van der Waals surface area (Å²) in [6, 6.07) is 11.7. The van der Waals surface area contributed by atoms with Crippen LogP contribution in [0.2, 0.25) is 0 Å². The minimum absolute atomic E-state index is 0.415. The first-order chi connectivity index (χ1) is 8.20. The molecule has 1 heterocycles. The van der Waals surface area contributed by atoms with E-state index in [-0.39, 0.29) is 0 Å². The lowest BCUT2D eigenvalue weighted by molar-refractivity contribution is 1.26. The van der Waals surface area contributed by atoms with Crippen LogP contribution in [0.25, 0.3) is 0 Å². The Morgan fingerprint density at radius 3 is 2.94 bits per heavy atom. The van der Waals surface area contributed by atoms with Crippen molar-refractivity contribution in [2.45, 2.75) is 6.92 Å². The molecule has 1 N–H and O–H groups in total. The number of aromatic nitrogens is 1. The van der Waals surface area contributed by atoms with Crippen molar-refractivity contribution in [3.63, 3.8) is 0 Å². The van der Waals surface area contributed by atoms with E-state index in [1.807, 2.05) is 24.3 Å². The third kappa shape index (κ3) is 2.74. The van der Waals surface area contributed by atoms with E-state index in [9.17, 15) is 0 Å². The number of nitrogens with zero attached hydrogens (tertiary/aromatic N) is 2. The zero-order chi connectivity index (χ0) is 12.3. The molecule has 0 fully saturated rings. The number of hydrogen-bond donors (Lipinski definition) is 1. The molecule has 0 saturated carbocycles. The van der Waals surface area contributed by atoms with Crippen LogP contribution in [0.4, 0.5) is 11.4 Å². The van der Waals surface area contributed by atoms with E-state index in [0.717, 1.165) is 11.4 Å². The second kappa shape index (κ2) is 5.15. The van der Waals surface area contributed by atoms with Gasteiger partial charge in [-0.25, -0.2) is 4.98 Å². The van der Waals surface area contributed by atoms with Crippen molar-refractivity contribution < 1.29 is 0 Å². The molecule has 0 unspecified atom stereocenters. The van der Waals surface area contributed by atoms with Crippen molar-refractivity contribution in [2.24, 2.45) is 0 Å². The number of anilines is 2. The molecule has 0 bridgehead atoms. The summed E-state index contributed by atoms with van der Waals surface area (Å²) in [7, 11) is 0. The lowest BCUT2D eigenvalue weighted by Crippen LogP contribution is -1.95. The maximum absolute atomic E-state index is 8.79. The largest absolute Gasteiger partial charge is 0.355 e. The van der Waals surface area contributed by atoms with Gasteiger partial charge in [-0.15, -0.1) is 0 Å². The first kappa shape index (κ1) is 11.9. The predicted octanol–water partition coefficient (Wildman–Crippen LogP) is 3.61. The Labute approximate surface area is 114 Å². The Morgan fingerprint density at radius 1 is 1.35 bits per heavy atom. The molecular weight excluding hydrogens is 325 g/mol. The van der Waals surface area contributed by atoms with Gasteiger partial charge in [0, 0.05) is 21.1 Å². The van der Waals surface area contributed by atoms with Gasteiger partial charge in [0.25, 0.3) is 0 Å². The monoisotopic (exact) mass is 335 g/mol. The molecule has 2 rings (SSSR count). The third-order valence-corrected chi connectivity index (χ3v) is 3.59. The van der Waals surface area contributed by atoms with Gasteiger partial charge in [-0.1, -0.05) is 6.07 Å². The van der Waals surface area contributed by atoms with Crippen molar-refractivity contribution in [1.29, 1.82) is 5.26 Å². The fourth-order valence-electron chi connectivity index (χ4n) is 1.47. The highest BCUT2D eigenvalue weighted by molar-refractivity contribution is 14.1. The quantitative estimate of drug-likeness (QED) is 0.853. The van der Waals surface area contributed by atoms with Crippen LogP contribution in [0.15, 0.2) is 36.5 Å². The number of benzene rings is 1. The second-order valence-electron chi connectivity index (χ2n) is 3.58. The van der Waals surface area contributed by atoms with Crippen molar-refractivity contribution in [3.05, 3.63) is 51.4 Å². The van der Waals surface area contributed by atoms with Crippen molar-refractivity contribution in [2.75, 3.05) is 5.32 Å². The summed E-state index contributed by atoms with van der Waals surface area (Å²) in [6.07, 6.45) is 1.63. The van der Waals surface area contributed by atoms with E-state index in [1.165, 1.54) is 9.13 Å². The molecule has 0 spiro atoms. The summed E-state index contributed by atoms with van der Waals surface area (Å²) in [5.74, 6) is 0. The molecule has 84 valence electrons. The second-order valence-corrected chi connectivity index (χ2v) is 4.74. The fourth-order valence-corrected chi connectivity index (χ4v) is 1.97. The van der Waals surface area contributed by atoms with Crippen LogP contribution in [-0.2, 0) is 0 Å². The van der Waals surface area contributed by atoms with Crippen LogP contribution < -0.4 is 5.32 Å². The molecule has 0 saturated heterocycles. The summed E-state index contributed by atoms with van der Waals surface area (Å²) in [4.78, 5) is 3.94. The minimum atomic E-state index is 0.415. The molecule has 0 amide bonds. The zero-order valence-electron chi connectivity index (χ0n) is 9.24. The van der Waals surface area contributed by atoms with Gasteiger partial charge in [-0.05, 0) is 59.3 Å². The van der Waals surface area contributed by atoms with Crippen LogP contribution in [0.1, 0.15) is 11.3 Å². The van der Waals surface area contributed by atoms with Gasteiger partial charge in [0.2, 0.25) is 0 Å². The van der Waals surface area contributed by atoms with Gasteiger partial charge in [0.1, 0.15) is 11.8 Å². The Balaban J connectivity index is 2.32. The molecule has 1 aromatic heterocycles. The highest BCUT2D eigenvalue weighted by Gasteiger charge is 2.02. The highest BCUT2D eigenvalue weighted by Crippen LogP contribution is 2.24. The van der Waals surface area contributed by atoms with E-state index < -0.39 is 0 Å². The van der Waals surface area contributed by atoms with Crippen LogP contribution in [0.3, 0.4) is 0 Å². The number of rotatable bonds is 2. The maximum atomic E-state index is 8.79. The average Bonchev–Trinajstić information content (AvgIpc) is 2.35. The first-order valence-electron chi connectivity index (χ1n) is 5.09. The number of pyridine rings is 1. The molecule has 0 atom stereocenters. The third-order valence-electron chi connectivity index (χ3n) is 2.42. The topological polar surface area (TPSA) is 48.7 Å². The summed E-state index contributed by atoms with van der Waals surface area (Å²) in [5.41, 5.74) is 3.54. The average molecular weight is 335 g/mol. The lowest BCUT2D eigenvalue weighted by atomic mass is 10.2. The number of nitrogens with one attached hydrogen (secondary N) is 1. The summed E-state index contributed by atoms with van der Waals surface area (Å²) in [6.45, 7) is 2.07. The van der Waals surface area contributed by atoms with E-state index in [0.29, 0.717) is 5.69 Å². The van der Waals surface area contributed by atoms with E-state index in [1.54, 1.807) is 12.3 Å². The van der Waals surface area contributed by atoms with Gasteiger partial charge in [-0.2, -0.15) is 5.26 Å². The Bertz CT molecular complexity index is 587. The lowest BCUT2D eigenvalue weighted by Gasteiger charge is -2.10. The molecular formula is C13H10IN3. The van der Waals surface area contributed by atoms with Crippen LogP contribution in [0.5, 0.6) is 0 Å². The Hall–Kier alpha value is -1.61. The summed E-state index contributed by atoms with van der Waals surface area (Å²) < 4.78 is 1.21. The van der Waals surface area contributed by atoms with Gasteiger partial charge in [0.15, 0.2) is 0 Å². The molecule has 0 aliphatic heterocycles. The standard InChI is InChI=1S/C13H10IN3/c1-9-12(14)3-2-4-13(9)17-10-5-6-16-11(7-10)8-15/h2-7H,1H3,(H,16,17). The Morgan fingerprint density at radius 2 is 2.18 bits per heavy atom. The summed E-state index contributed by atoms with van der Waals surface area (Å²) in [5, 5.41) is 12.1. The Kier molecular flexibility index (Phi) is 3.59. The predicted molar refractivity (Wildman–Crippen MR) is 76.1 cm³/mol. The van der Waals surface area contributed by atoms with E-state index in [4.69, 9.17) is 5.26 Å². The molecule has 2 aromatic rings. The molecule has 3 nitrogen and oxygen atoms in total. The van der Waals surface area contributed by atoms with Crippen LogP contribution >= 0.6 is 22.6 Å². The number of hydrogen-bond acceptors (Lipinski definition) is 3. The fraction of sp³-hybridized carbons (Fsp3) is 0.0769. The SMILES string of the molecule is Cc1c(I)cccc1Nc1ccnc(C#N)c1. The molecule has 0 aliphatic rings. The van der Waals surface area contributed by atoms with Gasteiger partial charge < -0.3 is 5.32 Å². The summed E-state index contributed by atoms with van der Waals surface area (Å²) >= 11 is 2.30. The molecule has 1 aromatic carbocycles. The van der Waals surface area contributed by atoms with Crippen molar-refractivity contribution in [3.8, 4) is 6.07 Å². The van der Waals surface area contributed by atoms with Crippen molar-refractivity contribution >= 4 is 34.0 Å².